The van der Waals surface area contributed by atoms with Crippen molar-refractivity contribution in [2.75, 3.05) is 32.1 Å². The topological polar surface area (TPSA) is 57.1 Å². The quantitative estimate of drug-likeness (QED) is 0.442. The molecular weight excluding hydrogens is 296 g/mol. The van der Waals surface area contributed by atoms with E-state index in [0.29, 0.717) is 32.1 Å². The lowest BCUT2D eigenvalue weighted by molar-refractivity contribution is 0.148. The van der Waals surface area contributed by atoms with Crippen molar-refractivity contribution in [1.82, 2.24) is 0 Å². The molecule has 0 spiro atoms. The van der Waals surface area contributed by atoms with Crippen molar-refractivity contribution in [3.63, 3.8) is 0 Å². The average molecular weight is 327 g/mol. The summed E-state index contributed by atoms with van der Waals surface area (Å²) in [7, 11) is -5.46. The van der Waals surface area contributed by atoms with Gasteiger partial charge in [-0.2, -0.15) is 4.52 Å². The van der Waals surface area contributed by atoms with Gasteiger partial charge in [0, 0.05) is 12.3 Å². The highest BCUT2D eigenvalue weighted by atomic mass is 31.2. The Balaban J connectivity index is 5.42. The molecule has 0 unspecified atom stereocenters. The lowest BCUT2D eigenvalue weighted by Gasteiger charge is -2.25. The predicted molar refractivity (Wildman–Crippen MR) is 86.8 cm³/mol. The van der Waals surface area contributed by atoms with Crippen LogP contribution in [0, 0.1) is 0 Å². The van der Waals surface area contributed by atoms with Crippen molar-refractivity contribution < 1.29 is 18.1 Å². The van der Waals surface area contributed by atoms with Crippen molar-refractivity contribution in [2.24, 2.45) is 4.52 Å². The van der Waals surface area contributed by atoms with E-state index in [9.17, 15) is 4.57 Å². The maximum absolute atomic E-state index is 12.7. The van der Waals surface area contributed by atoms with Crippen LogP contribution in [0.2, 0.25) is 0 Å². The molecule has 0 aromatic heterocycles. The van der Waals surface area contributed by atoms with Crippen molar-refractivity contribution in [3.05, 3.63) is 0 Å². The van der Waals surface area contributed by atoms with Crippen LogP contribution >= 0.6 is 15.0 Å². The molecule has 0 aliphatic carbocycles. The second-order valence-electron chi connectivity index (χ2n) is 4.54. The standard InChI is InChI=1S/C13H31NO4P2/c1-6-11-16-20(17-12-7-2,18-13-8-3)14-19(15,9-4)10-5/h6-13H2,1-5H3. The number of hydrogen-bond acceptors (Lipinski definition) is 4. The van der Waals surface area contributed by atoms with Gasteiger partial charge in [0.25, 0.3) is 0 Å². The Labute approximate surface area is 124 Å². The molecule has 7 heteroatoms. The van der Waals surface area contributed by atoms with E-state index < -0.39 is 15.0 Å². The third-order valence-electron chi connectivity index (χ3n) is 2.64. The van der Waals surface area contributed by atoms with E-state index in [4.69, 9.17) is 13.6 Å². The van der Waals surface area contributed by atoms with Crippen LogP contribution in [-0.4, -0.2) is 32.1 Å². The van der Waals surface area contributed by atoms with Crippen LogP contribution in [0.5, 0.6) is 0 Å². The van der Waals surface area contributed by atoms with Crippen molar-refractivity contribution >= 4 is 15.0 Å². The molecule has 0 rings (SSSR count). The van der Waals surface area contributed by atoms with Crippen molar-refractivity contribution in [1.29, 1.82) is 0 Å². The van der Waals surface area contributed by atoms with Crippen LogP contribution in [-0.2, 0) is 18.1 Å². The van der Waals surface area contributed by atoms with E-state index in [0.717, 1.165) is 19.3 Å². The molecule has 0 fully saturated rings. The van der Waals surface area contributed by atoms with E-state index in [-0.39, 0.29) is 0 Å². The molecule has 0 bridgehead atoms. The van der Waals surface area contributed by atoms with Gasteiger partial charge in [0.2, 0.25) is 0 Å². The molecule has 0 aromatic rings. The van der Waals surface area contributed by atoms with Gasteiger partial charge < -0.3 is 13.6 Å². The number of nitrogens with zero attached hydrogens (tertiary/aromatic N) is 1. The van der Waals surface area contributed by atoms with Crippen molar-refractivity contribution in [3.8, 4) is 0 Å². The second-order valence-corrected chi connectivity index (χ2v) is 9.92. The Bertz CT molecular complexity index is 311. The summed E-state index contributed by atoms with van der Waals surface area (Å²) in [4.78, 5) is 0. The molecule has 0 N–H and O–H groups in total. The first-order chi connectivity index (χ1) is 9.51. The highest BCUT2D eigenvalue weighted by Gasteiger charge is 2.29. The molecule has 0 amide bonds. The SMILES string of the molecule is CCCOP(=NP(=O)(CC)CC)(OCCC)OCCC. The molecule has 0 heterocycles. The Morgan fingerprint density at radius 2 is 1.10 bits per heavy atom. The van der Waals surface area contributed by atoms with Crippen molar-refractivity contribution in [2.45, 2.75) is 53.9 Å². The van der Waals surface area contributed by atoms with Crippen LogP contribution in [0.25, 0.3) is 0 Å². The first-order valence-electron chi connectivity index (χ1n) is 7.66. The van der Waals surface area contributed by atoms with E-state index in [1.54, 1.807) is 0 Å². The maximum atomic E-state index is 12.7. The summed E-state index contributed by atoms with van der Waals surface area (Å²) in [5.74, 6) is 0. The summed E-state index contributed by atoms with van der Waals surface area (Å²) in [5.41, 5.74) is 0. The highest BCUT2D eigenvalue weighted by Crippen LogP contribution is 2.63. The summed E-state index contributed by atoms with van der Waals surface area (Å²) in [6, 6.07) is 0. The molecule has 0 saturated heterocycles. The Hall–Kier alpha value is 0.340. The minimum absolute atomic E-state index is 0.512. The van der Waals surface area contributed by atoms with Crippen LogP contribution in [0.3, 0.4) is 0 Å². The highest BCUT2D eigenvalue weighted by molar-refractivity contribution is 7.69. The molecule has 0 atom stereocenters. The molecule has 0 aliphatic rings. The summed E-state index contributed by atoms with van der Waals surface area (Å²) < 4.78 is 34.6. The van der Waals surface area contributed by atoms with Crippen LogP contribution in [0.1, 0.15) is 53.9 Å². The van der Waals surface area contributed by atoms with Crippen LogP contribution in [0.4, 0.5) is 0 Å². The number of rotatable bonds is 12. The molecule has 0 aromatic carbocycles. The summed E-state index contributed by atoms with van der Waals surface area (Å²) >= 11 is 0. The molecule has 0 radical (unpaired) electrons. The second kappa shape index (κ2) is 11.0. The smallest absolute Gasteiger partial charge is 0.302 e. The molecule has 5 nitrogen and oxygen atoms in total. The van der Waals surface area contributed by atoms with Crippen LogP contribution < -0.4 is 0 Å². The minimum Gasteiger partial charge on any atom is -0.302 e. The minimum atomic E-state index is -2.84. The summed E-state index contributed by atoms with van der Waals surface area (Å²) in [5, 5.41) is 0. The summed E-state index contributed by atoms with van der Waals surface area (Å²) in [6.07, 6.45) is 3.60. The lowest BCUT2D eigenvalue weighted by atomic mass is 10.5. The molecule has 0 saturated carbocycles. The van der Waals surface area contributed by atoms with Gasteiger partial charge in [-0.3, -0.25) is 4.57 Å². The van der Waals surface area contributed by atoms with E-state index in [2.05, 4.69) is 4.52 Å². The lowest BCUT2D eigenvalue weighted by Crippen LogP contribution is -2.04. The third-order valence-corrected chi connectivity index (χ3v) is 8.32. The fraction of sp³-hybridized carbons (Fsp3) is 1.00. The zero-order valence-corrected chi connectivity index (χ0v) is 15.4. The van der Waals surface area contributed by atoms with Gasteiger partial charge in [-0.25, -0.2) is 0 Å². The zero-order chi connectivity index (χ0) is 15.5. The summed E-state index contributed by atoms with van der Waals surface area (Å²) in [6.45, 7) is 11.4. The zero-order valence-electron chi connectivity index (χ0n) is 13.6. The molecule has 0 aliphatic heterocycles. The molecular formula is C13H31NO4P2. The number of hydrogen-bond donors (Lipinski definition) is 0. The van der Waals surface area contributed by atoms with Gasteiger partial charge in [0.15, 0.2) is 7.29 Å². The monoisotopic (exact) mass is 327 g/mol. The fourth-order valence-corrected chi connectivity index (χ4v) is 6.50. The van der Waals surface area contributed by atoms with Crippen LogP contribution in [0.15, 0.2) is 4.52 Å². The van der Waals surface area contributed by atoms with E-state index in [1.807, 2.05) is 34.6 Å². The normalized spacial score (nSPS) is 12.7. The first kappa shape index (κ1) is 20.3. The maximum Gasteiger partial charge on any atom is 0.361 e. The Morgan fingerprint density at radius 1 is 0.750 bits per heavy atom. The van der Waals surface area contributed by atoms with E-state index >= 15 is 0 Å². The molecule has 122 valence electrons. The Kier molecular flexibility index (Phi) is 11.2. The van der Waals surface area contributed by atoms with Gasteiger partial charge in [-0.1, -0.05) is 34.6 Å². The van der Waals surface area contributed by atoms with Gasteiger partial charge in [-0.15, -0.1) is 0 Å². The van der Waals surface area contributed by atoms with Gasteiger partial charge in [0.1, 0.15) is 0 Å². The largest absolute Gasteiger partial charge is 0.361 e. The average Bonchev–Trinajstić information content (AvgIpc) is 2.48. The first-order valence-corrected chi connectivity index (χ1v) is 11.2. The van der Waals surface area contributed by atoms with E-state index in [1.165, 1.54) is 0 Å². The molecule has 20 heavy (non-hydrogen) atoms. The Morgan fingerprint density at radius 3 is 1.35 bits per heavy atom. The van der Waals surface area contributed by atoms with Gasteiger partial charge in [-0.05, 0) is 19.3 Å². The predicted octanol–water partition coefficient (Wildman–Crippen LogP) is 5.53. The fourth-order valence-electron chi connectivity index (χ4n) is 1.36. The van der Waals surface area contributed by atoms with Gasteiger partial charge in [0.05, 0.1) is 19.8 Å². The van der Waals surface area contributed by atoms with Gasteiger partial charge >= 0.3 is 7.74 Å². The third kappa shape index (κ3) is 7.38.